The van der Waals surface area contributed by atoms with Crippen LogP contribution >= 0.6 is 15.4 Å². The summed E-state index contributed by atoms with van der Waals surface area (Å²) >= 11 is 0. The zero-order valence-electron chi connectivity index (χ0n) is 27.9. The summed E-state index contributed by atoms with van der Waals surface area (Å²) < 4.78 is 62.3. The van der Waals surface area contributed by atoms with Gasteiger partial charge in [0, 0.05) is 22.3 Å². The van der Waals surface area contributed by atoms with Crippen molar-refractivity contribution in [2.75, 3.05) is 0 Å². The first-order valence-electron chi connectivity index (χ1n) is 17.2. The summed E-state index contributed by atoms with van der Waals surface area (Å²) in [7, 11) is -8.87. The van der Waals surface area contributed by atoms with E-state index in [9.17, 15) is 0 Å². The molecular weight excluding hydrogens is 690 g/mol. The highest BCUT2D eigenvalue weighted by Gasteiger charge is 2.50. The Morgan fingerprint density at radius 3 is 1.08 bits per heavy atom. The standard InChI is InChI=1S/C43H30O7P2/c1-2-39(51(44)46-35-23-19-27-11-3-7-15-31(27)40(35)41-32-16-8-4-12-28(32)20-24-36(41)47-51)50-52(45)48-37-25-21-29-13-5-9-17-33(29)42(37)43-34-18-10-6-14-30(34)22-26-38(43)49-52/h3-26,39H,2H2,1H3. The highest BCUT2D eigenvalue weighted by Crippen LogP contribution is 2.67. The van der Waals surface area contributed by atoms with Gasteiger partial charge in [-0.05, 0) is 73.8 Å². The van der Waals surface area contributed by atoms with Gasteiger partial charge in [0.2, 0.25) is 0 Å². The van der Waals surface area contributed by atoms with Crippen molar-refractivity contribution in [3.05, 3.63) is 146 Å². The van der Waals surface area contributed by atoms with Crippen LogP contribution in [-0.4, -0.2) is 5.85 Å². The summed E-state index contributed by atoms with van der Waals surface area (Å²) in [5.74, 6) is 0.0341. The minimum absolute atomic E-state index is 0.106. The number of rotatable bonds is 4. The van der Waals surface area contributed by atoms with Crippen molar-refractivity contribution in [1.29, 1.82) is 0 Å². The van der Waals surface area contributed by atoms with Gasteiger partial charge in [0.25, 0.3) is 0 Å². The molecule has 254 valence electrons. The summed E-state index contributed by atoms with van der Waals surface area (Å²) in [6, 6.07) is 46.7. The molecule has 0 radical (unpaired) electrons. The first-order chi connectivity index (χ1) is 25.4. The van der Waals surface area contributed by atoms with Crippen LogP contribution in [0.5, 0.6) is 23.0 Å². The van der Waals surface area contributed by atoms with Crippen molar-refractivity contribution < 1.29 is 31.7 Å². The molecule has 1 atom stereocenters. The normalized spacial score (nSPS) is 15.8. The van der Waals surface area contributed by atoms with E-state index in [4.69, 9.17) is 22.6 Å². The van der Waals surface area contributed by atoms with Crippen LogP contribution in [-0.2, 0) is 13.7 Å². The van der Waals surface area contributed by atoms with E-state index in [-0.39, 0.29) is 6.42 Å². The second kappa shape index (κ2) is 11.7. The van der Waals surface area contributed by atoms with E-state index >= 15 is 9.13 Å². The van der Waals surface area contributed by atoms with Crippen molar-refractivity contribution >= 4 is 58.5 Å². The molecule has 1 unspecified atom stereocenters. The van der Waals surface area contributed by atoms with Gasteiger partial charge in [-0.3, -0.25) is 0 Å². The average Bonchev–Trinajstić information content (AvgIpc) is 3.40. The highest BCUT2D eigenvalue weighted by molar-refractivity contribution is 7.56. The van der Waals surface area contributed by atoms with Crippen molar-refractivity contribution in [3.63, 3.8) is 0 Å². The first kappa shape index (κ1) is 31.2. The molecule has 8 aromatic rings. The van der Waals surface area contributed by atoms with Crippen LogP contribution in [0.25, 0.3) is 65.3 Å². The van der Waals surface area contributed by atoms with E-state index in [2.05, 4.69) is 0 Å². The summed E-state index contributed by atoms with van der Waals surface area (Å²) in [6.45, 7) is 1.78. The first-order valence-corrected chi connectivity index (χ1v) is 20.2. The van der Waals surface area contributed by atoms with Crippen LogP contribution in [0.2, 0.25) is 0 Å². The second-order valence-corrected chi connectivity index (χ2v) is 16.5. The Hall–Kier alpha value is -5.58. The maximum Gasteiger partial charge on any atom is 0.588 e. The Kier molecular flexibility index (Phi) is 7.03. The third kappa shape index (κ3) is 4.85. The van der Waals surface area contributed by atoms with Crippen LogP contribution in [0.4, 0.5) is 0 Å². The smallest absolute Gasteiger partial charge is 0.414 e. The molecule has 7 nitrogen and oxygen atoms in total. The van der Waals surface area contributed by atoms with E-state index in [1.807, 2.05) is 121 Å². The van der Waals surface area contributed by atoms with Crippen LogP contribution in [0.1, 0.15) is 13.3 Å². The molecule has 0 saturated heterocycles. The molecule has 0 spiro atoms. The third-order valence-corrected chi connectivity index (χ3v) is 13.5. The lowest BCUT2D eigenvalue weighted by atomic mass is 9.92. The summed E-state index contributed by atoms with van der Waals surface area (Å²) in [5, 5.41) is 7.58. The molecule has 0 fully saturated rings. The fourth-order valence-electron chi connectivity index (χ4n) is 7.56. The highest BCUT2D eigenvalue weighted by atomic mass is 31.2. The Morgan fingerprint density at radius 2 is 0.750 bits per heavy atom. The molecular formula is C43H30O7P2. The van der Waals surface area contributed by atoms with Gasteiger partial charge in [0.15, 0.2) is 5.85 Å². The molecule has 10 rings (SSSR count). The van der Waals surface area contributed by atoms with Crippen molar-refractivity contribution in [3.8, 4) is 45.3 Å². The lowest BCUT2D eigenvalue weighted by Gasteiger charge is -2.28. The molecule has 9 heteroatoms. The monoisotopic (exact) mass is 720 g/mol. The molecule has 0 N–H and O–H groups in total. The van der Waals surface area contributed by atoms with E-state index in [1.54, 1.807) is 31.2 Å². The molecule has 2 heterocycles. The van der Waals surface area contributed by atoms with Gasteiger partial charge in [-0.15, -0.1) is 0 Å². The van der Waals surface area contributed by atoms with Crippen molar-refractivity contribution in [1.82, 2.24) is 0 Å². The van der Waals surface area contributed by atoms with Crippen LogP contribution < -0.4 is 18.1 Å². The molecule has 0 aromatic heterocycles. The van der Waals surface area contributed by atoms with Gasteiger partial charge in [-0.1, -0.05) is 128 Å². The van der Waals surface area contributed by atoms with Crippen LogP contribution in [0, 0.1) is 0 Å². The average molecular weight is 721 g/mol. The Labute approximate surface area is 299 Å². The number of hydrogen-bond acceptors (Lipinski definition) is 7. The lowest BCUT2D eigenvalue weighted by molar-refractivity contribution is 0.167. The van der Waals surface area contributed by atoms with Crippen LogP contribution in [0.3, 0.4) is 0 Å². The third-order valence-electron chi connectivity index (χ3n) is 9.89. The van der Waals surface area contributed by atoms with Crippen LogP contribution in [0.15, 0.2) is 146 Å². The number of phosphoric acid groups is 1. The van der Waals surface area contributed by atoms with E-state index < -0.39 is 21.3 Å². The Bertz CT molecular complexity index is 2680. The Balaban J connectivity index is 1.13. The van der Waals surface area contributed by atoms with E-state index in [0.717, 1.165) is 65.3 Å². The topological polar surface area (TPSA) is 80.3 Å². The molecule has 0 aliphatic carbocycles. The lowest BCUT2D eigenvalue weighted by Crippen LogP contribution is -2.20. The molecule has 0 bridgehead atoms. The number of fused-ring (bicyclic) bond motifs is 14. The summed E-state index contributed by atoms with van der Waals surface area (Å²) in [6.07, 6.45) is 0.106. The molecule has 0 amide bonds. The molecule has 0 saturated carbocycles. The van der Waals surface area contributed by atoms with Gasteiger partial charge in [-0.25, -0.2) is 13.7 Å². The van der Waals surface area contributed by atoms with Gasteiger partial charge in [0.05, 0.1) is 0 Å². The molecule has 8 aromatic carbocycles. The largest absolute Gasteiger partial charge is 0.588 e. The maximum atomic E-state index is 15.3. The summed E-state index contributed by atoms with van der Waals surface area (Å²) in [5.41, 5.74) is 2.98. The van der Waals surface area contributed by atoms with Crippen molar-refractivity contribution in [2.24, 2.45) is 0 Å². The molecule has 52 heavy (non-hydrogen) atoms. The summed E-state index contributed by atoms with van der Waals surface area (Å²) in [4.78, 5) is 0. The van der Waals surface area contributed by atoms with E-state index in [1.165, 1.54) is 0 Å². The van der Waals surface area contributed by atoms with Gasteiger partial charge in [-0.2, -0.15) is 0 Å². The van der Waals surface area contributed by atoms with Gasteiger partial charge >= 0.3 is 15.4 Å². The maximum absolute atomic E-state index is 15.3. The zero-order valence-corrected chi connectivity index (χ0v) is 29.7. The quantitative estimate of drug-likeness (QED) is 0.167. The fourth-order valence-corrected chi connectivity index (χ4v) is 11.3. The zero-order chi connectivity index (χ0) is 35.0. The predicted octanol–water partition coefficient (Wildman–Crippen LogP) is 12.9. The van der Waals surface area contributed by atoms with Gasteiger partial charge < -0.3 is 18.1 Å². The minimum Gasteiger partial charge on any atom is -0.414 e. The second-order valence-electron chi connectivity index (χ2n) is 13.0. The van der Waals surface area contributed by atoms with Gasteiger partial charge in [0.1, 0.15) is 23.0 Å². The number of benzene rings is 8. The predicted molar refractivity (Wildman–Crippen MR) is 207 cm³/mol. The number of phosphoric ester groups is 1. The minimum atomic E-state index is -4.55. The Morgan fingerprint density at radius 1 is 0.442 bits per heavy atom. The SMILES string of the molecule is CCC(OP1(=O)Oc2ccc3ccccc3c2-c2c(ccc3ccccc23)O1)P1(=O)Oc2ccc3ccccc3c2-c2c(ccc3ccccc23)O1. The molecule has 2 aliphatic heterocycles. The fraction of sp³-hybridized carbons (Fsp3) is 0.0698. The molecule has 2 aliphatic rings. The number of hydrogen-bond donors (Lipinski definition) is 0. The van der Waals surface area contributed by atoms with E-state index in [0.29, 0.717) is 23.0 Å². The van der Waals surface area contributed by atoms with Crippen molar-refractivity contribution in [2.45, 2.75) is 19.2 Å².